The topological polar surface area (TPSA) is 0 Å². The van der Waals surface area contributed by atoms with Crippen LogP contribution in [0.5, 0.6) is 0 Å². The van der Waals surface area contributed by atoms with Crippen molar-refractivity contribution in [2.45, 2.75) is 75.3 Å². The molecule has 0 N–H and O–H groups in total. The second kappa shape index (κ2) is 5.50. The largest absolute Gasteiger partial charge is 0.0533 e. The summed E-state index contributed by atoms with van der Waals surface area (Å²) < 4.78 is 0. The molecule has 0 heterocycles. The van der Waals surface area contributed by atoms with Crippen LogP contribution in [0.4, 0.5) is 0 Å². The molecule has 2 aliphatic rings. The van der Waals surface area contributed by atoms with Crippen molar-refractivity contribution in [3.8, 4) is 0 Å². The molecular formula is C12H26Si2. The van der Waals surface area contributed by atoms with E-state index < -0.39 is 0 Å². The van der Waals surface area contributed by atoms with Crippen molar-refractivity contribution in [2.24, 2.45) is 0 Å². The zero-order valence-electron chi connectivity index (χ0n) is 9.80. The van der Waals surface area contributed by atoms with E-state index in [1.807, 2.05) is 0 Å². The minimum atomic E-state index is -0.226. The van der Waals surface area contributed by atoms with Gasteiger partial charge in [-0.05, 0) is 9.76 Å². The van der Waals surface area contributed by atoms with E-state index in [-0.39, 0.29) is 8.31 Å². The molecule has 0 aromatic carbocycles. The fourth-order valence-corrected chi connectivity index (χ4v) is 11.5. The van der Waals surface area contributed by atoms with Gasteiger partial charge in [-0.25, -0.2) is 0 Å². The SMILES string of the molecule is [SiH3][SiH](C1CCCCC1)C1CCCCC1. The molecular weight excluding hydrogens is 200 g/mol. The Morgan fingerprint density at radius 1 is 0.643 bits per heavy atom. The lowest BCUT2D eigenvalue weighted by Gasteiger charge is -2.34. The van der Waals surface area contributed by atoms with Gasteiger partial charge < -0.3 is 0 Å². The summed E-state index contributed by atoms with van der Waals surface area (Å²) in [7, 11) is 1.38. The fraction of sp³-hybridized carbons (Fsp3) is 1.00. The molecule has 0 saturated heterocycles. The van der Waals surface area contributed by atoms with Crippen LogP contribution in [0, 0.1) is 0 Å². The maximum Gasteiger partial charge on any atom is 0.0266 e. The smallest absolute Gasteiger partial charge is 0.0266 e. The van der Waals surface area contributed by atoms with Gasteiger partial charge in [0.25, 0.3) is 0 Å². The lowest BCUT2D eigenvalue weighted by molar-refractivity contribution is 0.467. The Morgan fingerprint density at radius 2 is 1.00 bits per heavy atom. The second-order valence-corrected chi connectivity index (χ2v) is 13.3. The van der Waals surface area contributed by atoms with Crippen LogP contribution in [0.25, 0.3) is 0 Å². The Balaban J connectivity index is 1.82. The van der Waals surface area contributed by atoms with Gasteiger partial charge in [0.15, 0.2) is 0 Å². The highest BCUT2D eigenvalue weighted by Crippen LogP contribution is 2.39. The summed E-state index contributed by atoms with van der Waals surface area (Å²) in [5, 5.41) is 0. The molecule has 82 valence electrons. The molecule has 0 atom stereocenters. The summed E-state index contributed by atoms with van der Waals surface area (Å²) in [5.74, 6) is 0. The first-order valence-corrected chi connectivity index (χ1v) is 12.8. The monoisotopic (exact) mass is 226 g/mol. The third kappa shape index (κ3) is 2.72. The van der Waals surface area contributed by atoms with Crippen molar-refractivity contribution >= 4 is 18.1 Å². The molecule has 0 radical (unpaired) electrons. The van der Waals surface area contributed by atoms with E-state index in [1.54, 1.807) is 74.0 Å². The quantitative estimate of drug-likeness (QED) is 0.635. The maximum absolute atomic E-state index is 1.64. The van der Waals surface area contributed by atoms with Gasteiger partial charge >= 0.3 is 0 Å². The Labute approximate surface area is 93.7 Å². The minimum absolute atomic E-state index is 0.226. The van der Waals surface area contributed by atoms with Gasteiger partial charge in [-0.15, -0.1) is 0 Å². The summed E-state index contributed by atoms with van der Waals surface area (Å²) in [5.41, 5.74) is 2.58. The molecule has 0 aromatic heterocycles. The van der Waals surface area contributed by atoms with E-state index in [1.165, 1.54) is 11.1 Å². The van der Waals surface area contributed by atoms with Gasteiger partial charge in [0.05, 0.1) is 0 Å². The highest BCUT2D eigenvalue weighted by atomic mass is 29.1. The predicted octanol–water partition coefficient (Wildman–Crippen LogP) is 2.74. The molecule has 2 fully saturated rings. The van der Waals surface area contributed by atoms with Crippen molar-refractivity contribution in [1.82, 2.24) is 0 Å². The van der Waals surface area contributed by atoms with Gasteiger partial charge in [-0.3, -0.25) is 0 Å². The first kappa shape index (κ1) is 10.9. The lowest BCUT2D eigenvalue weighted by atomic mass is 9.99. The van der Waals surface area contributed by atoms with Gasteiger partial charge in [0.2, 0.25) is 0 Å². The van der Waals surface area contributed by atoms with Crippen LogP contribution in [-0.2, 0) is 0 Å². The van der Waals surface area contributed by atoms with Crippen LogP contribution < -0.4 is 0 Å². The molecule has 2 heteroatoms. The minimum Gasteiger partial charge on any atom is -0.0533 e. The average Bonchev–Trinajstić information content (AvgIpc) is 2.30. The van der Waals surface area contributed by atoms with Crippen molar-refractivity contribution in [1.29, 1.82) is 0 Å². The van der Waals surface area contributed by atoms with Crippen molar-refractivity contribution in [2.75, 3.05) is 0 Å². The first-order chi connectivity index (χ1) is 6.88. The fourth-order valence-electron chi connectivity index (χ4n) is 3.70. The van der Waals surface area contributed by atoms with Crippen LogP contribution in [0.15, 0.2) is 0 Å². The lowest BCUT2D eigenvalue weighted by Crippen LogP contribution is -2.30. The standard InChI is InChI=1S/C12H26Si2/c13-14(11-7-3-1-4-8-11)12-9-5-2-6-10-12/h11-12,14H,1-10H2,13H3. The van der Waals surface area contributed by atoms with Gasteiger partial charge in [0.1, 0.15) is 0 Å². The molecule has 0 unspecified atom stereocenters. The highest BCUT2D eigenvalue weighted by Gasteiger charge is 2.28. The van der Waals surface area contributed by atoms with E-state index in [9.17, 15) is 0 Å². The van der Waals surface area contributed by atoms with Crippen LogP contribution in [-0.4, -0.2) is 18.1 Å². The van der Waals surface area contributed by atoms with Crippen LogP contribution in [0.1, 0.15) is 64.2 Å². The molecule has 14 heavy (non-hydrogen) atoms. The van der Waals surface area contributed by atoms with Crippen molar-refractivity contribution in [3.05, 3.63) is 0 Å². The van der Waals surface area contributed by atoms with E-state index in [0.29, 0.717) is 0 Å². The Kier molecular flexibility index (Phi) is 4.30. The summed E-state index contributed by atoms with van der Waals surface area (Å²) in [6.07, 6.45) is 15.9. The third-order valence-corrected chi connectivity index (χ3v) is 14.8. The molecule has 0 bridgehead atoms. The van der Waals surface area contributed by atoms with Gasteiger partial charge in [-0.1, -0.05) is 75.3 Å². The van der Waals surface area contributed by atoms with Crippen molar-refractivity contribution < 1.29 is 0 Å². The first-order valence-electron chi connectivity index (χ1n) is 6.88. The Bertz CT molecular complexity index is 140. The molecule has 0 amide bonds. The number of hydrogen-bond donors (Lipinski definition) is 0. The highest BCUT2D eigenvalue weighted by molar-refractivity contribution is 7.05. The summed E-state index contributed by atoms with van der Waals surface area (Å²) >= 11 is 0. The molecule has 0 nitrogen and oxygen atoms in total. The Morgan fingerprint density at radius 3 is 1.36 bits per heavy atom. The maximum atomic E-state index is 1.64. The summed E-state index contributed by atoms with van der Waals surface area (Å²) in [6.45, 7) is 0. The van der Waals surface area contributed by atoms with Crippen LogP contribution in [0.2, 0.25) is 11.1 Å². The Hall–Kier alpha value is 0.434. The van der Waals surface area contributed by atoms with Crippen LogP contribution >= 0.6 is 0 Å². The van der Waals surface area contributed by atoms with Crippen molar-refractivity contribution in [3.63, 3.8) is 0 Å². The van der Waals surface area contributed by atoms with Gasteiger partial charge in [-0.2, -0.15) is 0 Å². The van der Waals surface area contributed by atoms with Crippen LogP contribution in [0.3, 0.4) is 0 Å². The summed E-state index contributed by atoms with van der Waals surface area (Å²) in [4.78, 5) is 0. The molecule has 0 aliphatic heterocycles. The number of rotatable bonds is 2. The van der Waals surface area contributed by atoms with E-state index >= 15 is 0 Å². The third-order valence-electron chi connectivity index (χ3n) is 4.79. The van der Waals surface area contributed by atoms with Gasteiger partial charge in [0, 0.05) is 8.31 Å². The van der Waals surface area contributed by atoms with E-state index in [0.717, 1.165) is 0 Å². The molecule has 0 aromatic rings. The molecule has 2 aliphatic carbocycles. The van der Waals surface area contributed by atoms with E-state index in [4.69, 9.17) is 0 Å². The molecule has 2 saturated carbocycles. The number of hydrogen-bond acceptors (Lipinski definition) is 0. The second-order valence-electron chi connectivity index (χ2n) is 5.66. The zero-order valence-corrected chi connectivity index (χ0v) is 13.0. The molecule has 2 rings (SSSR count). The van der Waals surface area contributed by atoms with E-state index in [2.05, 4.69) is 0 Å². The predicted molar refractivity (Wildman–Crippen MR) is 70.8 cm³/mol. The zero-order chi connectivity index (χ0) is 9.80. The molecule has 0 spiro atoms. The average molecular weight is 227 g/mol. The normalized spacial score (nSPS) is 27.2. The summed E-state index contributed by atoms with van der Waals surface area (Å²) in [6, 6.07) is 0.